The van der Waals surface area contributed by atoms with E-state index >= 15 is 0 Å². The maximum Gasteiger partial charge on any atom is 0.253 e. The van der Waals surface area contributed by atoms with E-state index in [1.165, 1.54) is 12.0 Å². The highest BCUT2D eigenvalue weighted by molar-refractivity contribution is 5.99. The number of piperidine rings is 1. The second-order valence-electron chi connectivity index (χ2n) is 9.48. The van der Waals surface area contributed by atoms with Gasteiger partial charge in [0, 0.05) is 38.5 Å². The number of aliphatic imine (C=N–C) groups is 1. The van der Waals surface area contributed by atoms with E-state index in [2.05, 4.69) is 42.5 Å². The fourth-order valence-corrected chi connectivity index (χ4v) is 4.91. The smallest absolute Gasteiger partial charge is 0.253 e. The number of hydrogen-bond donors (Lipinski definition) is 0. The van der Waals surface area contributed by atoms with Gasteiger partial charge in [-0.25, -0.2) is 4.99 Å². The molecule has 0 aromatic carbocycles. The molecular weight excluding hydrogens is 436 g/mol. The Hall–Kier alpha value is -2.76. The highest BCUT2D eigenvalue weighted by Crippen LogP contribution is 2.29. The third-order valence-corrected chi connectivity index (χ3v) is 6.78. The van der Waals surface area contributed by atoms with E-state index < -0.39 is 0 Å². The Bertz CT molecular complexity index is 925. The Morgan fingerprint density at radius 1 is 1.23 bits per heavy atom. The minimum Gasteiger partial charge on any atom is -0.496 e. The Morgan fingerprint density at radius 3 is 2.54 bits per heavy atom. The number of carbonyl (C=O) groups is 1. The van der Waals surface area contributed by atoms with Crippen LogP contribution in [0.25, 0.3) is 0 Å². The molecule has 3 heterocycles. The van der Waals surface area contributed by atoms with E-state index in [0.717, 1.165) is 56.1 Å². The fraction of sp³-hybridized carbons (Fsp3) is 0.586. The van der Waals surface area contributed by atoms with Crippen LogP contribution in [0.2, 0.25) is 0 Å². The summed E-state index contributed by atoms with van der Waals surface area (Å²) < 4.78 is 5.45. The van der Waals surface area contributed by atoms with Crippen LogP contribution < -0.4 is 0 Å². The summed E-state index contributed by atoms with van der Waals surface area (Å²) in [5, 5.41) is 0. The van der Waals surface area contributed by atoms with Crippen LogP contribution in [0.15, 0.2) is 64.3 Å². The van der Waals surface area contributed by atoms with Gasteiger partial charge in [0.15, 0.2) is 0 Å². The molecule has 0 aromatic rings. The summed E-state index contributed by atoms with van der Waals surface area (Å²) in [6, 6.07) is -0.0386. The second kappa shape index (κ2) is 13.4. The number of rotatable bonds is 5. The molecule has 35 heavy (non-hydrogen) atoms. The van der Waals surface area contributed by atoms with Gasteiger partial charge < -0.3 is 19.4 Å². The molecule has 3 aliphatic heterocycles. The highest BCUT2D eigenvalue weighted by atomic mass is 16.5. The first-order valence-corrected chi connectivity index (χ1v) is 13.1. The number of likely N-dealkylation sites (tertiary alicyclic amines) is 2. The summed E-state index contributed by atoms with van der Waals surface area (Å²) >= 11 is 0. The summed E-state index contributed by atoms with van der Waals surface area (Å²) in [6.07, 6.45) is 12.1. The van der Waals surface area contributed by atoms with Crippen molar-refractivity contribution in [1.82, 2.24) is 14.7 Å². The molecule has 0 bridgehead atoms. The van der Waals surface area contributed by atoms with E-state index in [9.17, 15) is 4.79 Å². The maximum atomic E-state index is 13.4. The van der Waals surface area contributed by atoms with Crippen molar-refractivity contribution < 1.29 is 9.53 Å². The Morgan fingerprint density at radius 2 is 1.94 bits per heavy atom. The average Bonchev–Trinajstić information content (AvgIpc) is 3.30. The zero-order valence-corrected chi connectivity index (χ0v) is 23.2. The number of methoxy groups -OCH3 is 1. The lowest BCUT2D eigenvalue weighted by molar-refractivity contribution is -0.129. The first kappa shape index (κ1) is 28.5. The molecule has 6 heteroatoms. The molecule has 1 amide bonds. The van der Waals surface area contributed by atoms with Crippen molar-refractivity contribution in [1.29, 1.82) is 0 Å². The molecule has 0 aliphatic carbocycles. The van der Waals surface area contributed by atoms with Gasteiger partial charge in [0.05, 0.1) is 18.7 Å². The summed E-state index contributed by atoms with van der Waals surface area (Å²) in [5.41, 5.74) is 2.73. The number of ether oxygens (including phenoxy) is 1. The Kier molecular flexibility index (Phi) is 10.9. The predicted octanol–water partition coefficient (Wildman–Crippen LogP) is 5.88. The standard InChI is InChI=1S/C27H40N4O2.C2H6/c1-8-11-24(33-7)22(5)27(32)31-14-10-9-12-23(31)20(3)16-25-28-26(21(4)18-29(25)6)30-15-13-19(2)17-30;1-2/h8,11,16,18-19,23H,3,9-10,12-15,17H2,1-2,4-7H3;1-2H3/b11-8-,24-22-,25-16-;/t19-,23-;/m0./s1. The van der Waals surface area contributed by atoms with E-state index in [-0.39, 0.29) is 11.9 Å². The van der Waals surface area contributed by atoms with Gasteiger partial charge in [-0.1, -0.05) is 33.4 Å². The first-order chi connectivity index (χ1) is 16.8. The molecule has 2 fully saturated rings. The number of carbonyl (C=O) groups excluding carboxylic acids is 1. The molecule has 3 aliphatic rings. The zero-order valence-electron chi connectivity index (χ0n) is 23.2. The lowest BCUT2D eigenvalue weighted by Gasteiger charge is -2.37. The molecule has 0 aromatic heterocycles. The number of amidine groups is 1. The van der Waals surface area contributed by atoms with Crippen LogP contribution in [0.3, 0.4) is 0 Å². The Labute approximate surface area is 213 Å². The molecule has 6 nitrogen and oxygen atoms in total. The first-order valence-electron chi connectivity index (χ1n) is 13.1. The summed E-state index contributed by atoms with van der Waals surface area (Å²) in [7, 11) is 3.63. The molecule has 3 rings (SSSR count). The van der Waals surface area contributed by atoms with E-state index in [1.54, 1.807) is 7.11 Å². The van der Waals surface area contributed by atoms with Gasteiger partial charge in [-0.3, -0.25) is 4.79 Å². The fourth-order valence-electron chi connectivity index (χ4n) is 4.91. The Balaban J connectivity index is 0.00000210. The van der Waals surface area contributed by atoms with Crippen LogP contribution in [0.1, 0.15) is 67.2 Å². The third kappa shape index (κ3) is 6.89. The van der Waals surface area contributed by atoms with Gasteiger partial charge in [-0.2, -0.15) is 0 Å². The van der Waals surface area contributed by atoms with Crippen molar-refractivity contribution in [2.75, 3.05) is 33.8 Å². The van der Waals surface area contributed by atoms with Gasteiger partial charge >= 0.3 is 0 Å². The predicted molar refractivity (Wildman–Crippen MR) is 147 cm³/mol. The van der Waals surface area contributed by atoms with Gasteiger partial charge in [0.2, 0.25) is 0 Å². The second-order valence-corrected chi connectivity index (χ2v) is 9.48. The van der Waals surface area contributed by atoms with Gasteiger partial charge in [0.1, 0.15) is 17.4 Å². The van der Waals surface area contributed by atoms with Crippen molar-refractivity contribution in [2.45, 2.75) is 73.3 Å². The molecule has 0 radical (unpaired) electrons. The van der Waals surface area contributed by atoms with Gasteiger partial charge in [-0.15, -0.1) is 0 Å². The van der Waals surface area contributed by atoms with Crippen LogP contribution in [0.4, 0.5) is 0 Å². The monoisotopic (exact) mass is 482 g/mol. The van der Waals surface area contributed by atoms with Crippen molar-refractivity contribution in [3.63, 3.8) is 0 Å². The van der Waals surface area contributed by atoms with Crippen LogP contribution in [0, 0.1) is 5.92 Å². The van der Waals surface area contributed by atoms with Crippen LogP contribution in [-0.4, -0.2) is 66.3 Å². The molecule has 0 N–H and O–H groups in total. The summed E-state index contributed by atoms with van der Waals surface area (Å²) in [6.45, 7) is 19.4. The highest BCUT2D eigenvalue weighted by Gasteiger charge is 2.31. The number of amides is 1. The van der Waals surface area contributed by atoms with E-state index in [1.807, 2.05) is 51.8 Å². The SMILES string of the molecule is C=C(/C=C1/N=C(N2CC[C@H](C)C2)C(C)=CN1C)[C@@H]1CCCCN1C(=O)/C(C)=C(/C=C\C)OC.CC. The summed E-state index contributed by atoms with van der Waals surface area (Å²) in [5.74, 6) is 3.25. The number of hydrogen-bond acceptors (Lipinski definition) is 5. The van der Waals surface area contributed by atoms with Crippen molar-refractivity contribution in [2.24, 2.45) is 10.9 Å². The number of allylic oxidation sites excluding steroid dienone is 2. The van der Waals surface area contributed by atoms with Crippen LogP contribution >= 0.6 is 0 Å². The largest absolute Gasteiger partial charge is 0.496 e. The maximum absolute atomic E-state index is 13.4. The molecule has 0 spiro atoms. The van der Waals surface area contributed by atoms with Crippen molar-refractivity contribution >= 4 is 11.7 Å². The van der Waals surface area contributed by atoms with Crippen molar-refractivity contribution in [3.05, 3.63) is 59.3 Å². The van der Waals surface area contributed by atoms with E-state index in [4.69, 9.17) is 9.73 Å². The lowest BCUT2D eigenvalue weighted by Crippen LogP contribution is -2.45. The topological polar surface area (TPSA) is 48.4 Å². The number of nitrogens with zero attached hydrogens (tertiary/aromatic N) is 4. The zero-order chi connectivity index (χ0) is 26.1. The molecule has 194 valence electrons. The molecule has 2 saturated heterocycles. The quantitative estimate of drug-likeness (QED) is 0.279. The van der Waals surface area contributed by atoms with Gasteiger partial charge in [-0.05, 0) is 70.1 Å². The summed E-state index contributed by atoms with van der Waals surface area (Å²) in [4.78, 5) is 24.8. The minimum atomic E-state index is -0.0386. The lowest BCUT2D eigenvalue weighted by atomic mass is 9.94. The molecule has 2 atom stereocenters. The normalized spacial score (nSPS) is 24.6. The van der Waals surface area contributed by atoms with Crippen molar-refractivity contribution in [3.8, 4) is 0 Å². The van der Waals surface area contributed by atoms with Crippen LogP contribution in [0.5, 0.6) is 0 Å². The van der Waals surface area contributed by atoms with E-state index in [0.29, 0.717) is 17.3 Å². The van der Waals surface area contributed by atoms with Crippen LogP contribution in [-0.2, 0) is 9.53 Å². The third-order valence-electron chi connectivity index (χ3n) is 6.78. The average molecular weight is 483 g/mol. The minimum absolute atomic E-state index is 0.0113. The molecular formula is C29H46N4O2. The molecule has 0 unspecified atom stereocenters. The van der Waals surface area contributed by atoms with Gasteiger partial charge in [0.25, 0.3) is 5.91 Å². The molecule has 0 saturated carbocycles.